The number of nitrogen functional groups attached to an aromatic ring is 1. The lowest BCUT2D eigenvalue weighted by molar-refractivity contribution is -0.137. The van der Waals surface area contributed by atoms with Crippen molar-refractivity contribution in [2.24, 2.45) is 0 Å². The number of para-hydroxylation sites is 2. The first kappa shape index (κ1) is 32.3. The van der Waals surface area contributed by atoms with E-state index >= 15 is 0 Å². The van der Waals surface area contributed by atoms with Gasteiger partial charge in [0, 0.05) is 75.4 Å². The third-order valence-corrected chi connectivity index (χ3v) is 9.51. The van der Waals surface area contributed by atoms with Crippen LogP contribution in [0.1, 0.15) is 31.2 Å². The Hall–Kier alpha value is -6.29. The van der Waals surface area contributed by atoms with Crippen LogP contribution in [0.2, 0.25) is 0 Å². The molecule has 0 bridgehead atoms. The van der Waals surface area contributed by atoms with Crippen LogP contribution in [0.25, 0.3) is 43.6 Å². The molecule has 1 aliphatic heterocycles. The third kappa shape index (κ3) is 6.19. The molecule has 1 aliphatic rings. The van der Waals surface area contributed by atoms with Gasteiger partial charge in [-0.3, -0.25) is 14.4 Å². The molecule has 0 radical (unpaired) electrons. The average Bonchev–Trinajstić information content (AvgIpc) is 3.80. The fourth-order valence-corrected chi connectivity index (χ4v) is 7.20. The second-order valence-electron chi connectivity index (χ2n) is 12.7. The molecule has 2 amide bonds. The Bertz CT molecular complexity index is 2390. The summed E-state index contributed by atoms with van der Waals surface area (Å²) in [5.74, 6) is -1.38. The van der Waals surface area contributed by atoms with E-state index in [4.69, 9.17) is 5.73 Å². The number of hydrogen-bond acceptors (Lipinski definition) is 5. The zero-order valence-electron chi connectivity index (χ0n) is 27.5. The minimum atomic E-state index is -0.879. The number of H-pyrrole nitrogens is 1. The number of carboxylic acids is 1. The van der Waals surface area contributed by atoms with Gasteiger partial charge in [0.25, 0.3) is 0 Å². The number of nitrogens with zero attached hydrogens (tertiary/aromatic N) is 2. The van der Waals surface area contributed by atoms with Gasteiger partial charge in [0.2, 0.25) is 11.8 Å². The first-order valence-corrected chi connectivity index (χ1v) is 16.5. The Morgan fingerprint density at radius 2 is 1.50 bits per heavy atom. The minimum Gasteiger partial charge on any atom is -0.508 e. The molecule has 2 atom stereocenters. The largest absolute Gasteiger partial charge is 0.508 e. The van der Waals surface area contributed by atoms with Gasteiger partial charge in [-0.1, -0.05) is 60.7 Å². The van der Waals surface area contributed by atoms with Crippen LogP contribution in [0.3, 0.4) is 0 Å². The van der Waals surface area contributed by atoms with E-state index in [1.165, 1.54) is 17.7 Å². The van der Waals surface area contributed by atoms with E-state index in [0.717, 1.165) is 44.1 Å². The Morgan fingerprint density at radius 3 is 2.26 bits per heavy atom. The molecule has 8 rings (SSSR count). The van der Waals surface area contributed by atoms with E-state index in [2.05, 4.69) is 28.5 Å². The van der Waals surface area contributed by atoms with E-state index in [-0.39, 0.29) is 29.9 Å². The van der Waals surface area contributed by atoms with Gasteiger partial charge in [0.05, 0.1) is 11.9 Å². The first-order valence-electron chi connectivity index (χ1n) is 16.5. The summed E-state index contributed by atoms with van der Waals surface area (Å²) >= 11 is 0. The number of fused-ring (bicyclic) bond motifs is 6. The molecule has 10 nitrogen and oxygen atoms in total. The standard InChI is InChI=1S/C28H27N3O5.C12H10N2/c1-17(32)30-14-12-21(18-6-9-20(33)10-7-18)27(30)28(36)29-19-8-11-23-22-4-2-3-5-24(22)31(25(23)16-19)15-13-26(34)35;13-8-5-6-10-9-3-1-2-4-11(9)14-12(10)7-8/h2-11,16,21,27,33H,12-15H2,1H3,(H,29,36)(H,34,35);1-7,14H,13H2/t21?,27-;/m0./s1. The van der Waals surface area contributed by atoms with Crippen molar-refractivity contribution < 1.29 is 24.6 Å². The monoisotopic (exact) mass is 667 g/mol. The predicted molar refractivity (Wildman–Crippen MR) is 197 cm³/mol. The van der Waals surface area contributed by atoms with Gasteiger partial charge in [-0.25, -0.2) is 0 Å². The lowest BCUT2D eigenvalue weighted by atomic mass is 9.91. The number of likely N-dealkylation sites (tertiary alicyclic amines) is 1. The number of phenolic OH excluding ortho intramolecular Hbond substituents is 1. The van der Waals surface area contributed by atoms with Crippen molar-refractivity contribution >= 4 is 72.8 Å². The number of aromatic hydroxyl groups is 1. The number of rotatable bonds is 6. The van der Waals surface area contributed by atoms with Crippen molar-refractivity contribution in [2.45, 2.75) is 38.3 Å². The maximum absolute atomic E-state index is 13.5. The van der Waals surface area contributed by atoms with Gasteiger partial charge in [0.15, 0.2) is 0 Å². The summed E-state index contributed by atoms with van der Waals surface area (Å²) in [5, 5.41) is 26.4. The molecule has 3 heterocycles. The number of nitrogens with two attached hydrogens (primary N) is 1. The number of carbonyl (C=O) groups is 3. The fourth-order valence-electron chi connectivity index (χ4n) is 7.20. The van der Waals surface area contributed by atoms with Gasteiger partial charge >= 0.3 is 5.97 Å². The topological polar surface area (TPSA) is 154 Å². The lowest BCUT2D eigenvalue weighted by Gasteiger charge is -2.27. The van der Waals surface area contributed by atoms with Gasteiger partial charge in [-0.05, 0) is 60.5 Å². The van der Waals surface area contributed by atoms with Crippen LogP contribution < -0.4 is 11.1 Å². The maximum atomic E-state index is 13.5. The number of carbonyl (C=O) groups excluding carboxylic acids is 2. The van der Waals surface area contributed by atoms with Crippen LogP contribution >= 0.6 is 0 Å². The number of aryl methyl sites for hydroxylation is 1. The number of phenols is 1. The minimum absolute atomic E-state index is 0.0195. The number of aromatic nitrogens is 2. The van der Waals surface area contributed by atoms with Crippen LogP contribution in [0.5, 0.6) is 5.75 Å². The first-order chi connectivity index (χ1) is 24.2. The molecule has 0 saturated carbocycles. The summed E-state index contributed by atoms with van der Waals surface area (Å²) in [4.78, 5) is 42.1. The number of hydrogen-bond donors (Lipinski definition) is 5. The summed E-state index contributed by atoms with van der Waals surface area (Å²) < 4.78 is 1.96. The zero-order valence-corrected chi connectivity index (χ0v) is 27.5. The second-order valence-corrected chi connectivity index (χ2v) is 12.7. The highest BCUT2D eigenvalue weighted by Gasteiger charge is 2.41. The molecular formula is C40H37N5O5. The highest BCUT2D eigenvalue weighted by atomic mass is 16.4. The highest BCUT2D eigenvalue weighted by Crippen LogP contribution is 2.36. The molecule has 252 valence electrons. The molecule has 1 unspecified atom stereocenters. The number of aliphatic carboxylic acids is 1. The van der Waals surface area contributed by atoms with E-state index in [0.29, 0.717) is 25.2 Å². The zero-order chi connectivity index (χ0) is 34.9. The van der Waals surface area contributed by atoms with Crippen LogP contribution in [-0.2, 0) is 20.9 Å². The Kier molecular flexibility index (Phi) is 8.59. The molecule has 10 heteroatoms. The average molecular weight is 668 g/mol. The fraction of sp³-hybridized carbons (Fsp3) is 0.175. The molecule has 7 aromatic rings. The second kappa shape index (κ2) is 13.3. The molecule has 0 aliphatic carbocycles. The van der Waals surface area contributed by atoms with E-state index in [1.807, 2.05) is 71.3 Å². The number of amides is 2. The predicted octanol–water partition coefficient (Wildman–Crippen LogP) is 7.22. The Labute approximate surface area is 287 Å². The molecule has 1 saturated heterocycles. The molecule has 6 N–H and O–H groups in total. The van der Waals surface area contributed by atoms with E-state index in [1.54, 1.807) is 29.2 Å². The summed E-state index contributed by atoms with van der Waals surface area (Å²) in [6.07, 6.45) is 0.624. The number of carboxylic acid groups (broad SMARTS) is 1. The third-order valence-electron chi connectivity index (χ3n) is 9.51. The van der Waals surface area contributed by atoms with E-state index in [9.17, 15) is 24.6 Å². The molecule has 2 aromatic heterocycles. The normalized spacial score (nSPS) is 15.7. The van der Waals surface area contributed by atoms with Crippen LogP contribution in [0.15, 0.2) is 109 Å². The van der Waals surface area contributed by atoms with Crippen molar-refractivity contribution in [3.63, 3.8) is 0 Å². The smallest absolute Gasteiger partial charge is 0.305 e. The summed E-state index contributed by atoms with van der Waals surface area (Å²) in [6, 6.07) is 33.7. The van der Waals surface area contributed by atoms with Gasteiger partial charge < -0.3 is 35.7 Å². The van der Waals surface area contributed by atoms with Crippen molar-refractivity contribution in [1.29, 1.82) is 0 Å². The molecule has 1 fully saturated rings. The maximum Gasteiger partial charge on any atom is 0.305 e. The Balaban J connectivity index is 0.000000231. The summed E-state index contributed by atoms with van der Waals surface area (Å²) in [7, 11) is 0. The van der Waals surface area contributed by atoms with Gasteiger partial charge in [-0.15, -0.1) is 0 Å². The SMILES string of the molecule is CC(=O)N1CCC(c2ccc(O)cc2)[C@H]1C(=O)Nc1ccc2c3ccccc3n(CCC(=O)O)c2c1.Nc1ccc2c(c1)[nH]c1ccccc12. The van der Waals surface area contributed by atoms with Crippen LogP contribution in [-0.4, -0.2) is 55.0 Å². The molecule has 0 spiro atoms. The van der Waals surface area contributed by atoms with E-state index < -0.39 is 12.0 Å². The number of anilines is 2. The molecule has 5 aromatic carbocycles. The van der Waals surface area contributed by atoms with Crippen molar-refractivity contribution in [3.05, 3.63) is 115 Å². The summed E-state index contributed by atoms with van der Waals surface area (Å²) in [6.45, 7) is 2.24. The van der Waals surface area contributed by atoms with Crippen molar-refractivity contribution in [3.8, 4) is 5.75 Å². The number of aromatic amines is 1. The van der Waals surface area contributed by atoms with Crippen LogP contribution in [0.4, 0.5) is 11.4 Å². The Morgan fingerprint density at radius 1 is 0.820 bits per heavy atom. The van der Waals surface area contributed by atoms with Crippen molar-refractivity contribution in [2.75, 3.05) is 17.6 Å². The lowest BCUT2D eigenvalue weighted by Crippen LogP contribution is -2.44. The van der Waals surface area contributed by atoms with Gasteiger partial charge in [0.1, 0.15) is 11.8 Å². The number of nitrogens with one attached hydrogen (secondary N) is 2. The number of benzene rings is 5. The molecule has 50 heavy (non-hydrogen) atoms. The van der Waals surface area contributed by atoms with Crippen molar-refractivity contribution in [1.82, 2.24) is 14.5 Å². The summed E-state index contributed by atoms with van der Waals surface area (Å²) in [5.41, 5.74) is 12.0. The molecular weight excluding hydrogens is 630 g/mol. The van der Waals surface area contributed by atoms with Crippen LogP contribution in [0, 0.1) is 0 Å². The quantitative estimate of drug-likeness (QED) is 0.118. The van der Waals surface area contributed by atoms with Gasteiger partial charge in [-0.2, -0.15) is 0 Å². The highest BCUT2D eigenvalue weighted by molar-refractivity contribution is 6.10.